The summed E-state index contributed by atoms with van der Waals surface area (Å²) in [6.45, 7) is 8.43. The number of fused-ring (bicyclic) bond motifs is 1. The molecule has 3 heterocycles. The number of ether oxygens (including phenoxy) is 1. The Bertz CT molecular complexity index is 934. The molecule has 8 nitrogen and oxygen atoms in total. The second-order valence-corrected chi connectivity index (χ2v) is 7.46. The first kappa shape index (κ1) is 19.6. The van der Waals surface area contributed by atoms with Gasteiger partial charge in [-0.3, -0.25) is 4.90 Å². The lowest BCUT2D eigenvalue weighted by atomic mass is 10.2. The number of nitrogens with zero attached hydrogens (tertiary/aromatic N) is 6. The van der Waals surface area contributed by atoms with Crippen LogP contribution in [-0.4, -0.2) is 75.3 Å². The van der Waals surface area contributed by atoms with E-state index in [-0.39, 0.29) is 0 Å². The molecular weight excluding hydrogens is 368 g/mol. The minimum Gasteiger partial charge on any atom is -0.491 e. The quantitative estimate of drug-likeness (QED) is 0.649. The Morgan fingerprint density at radius 2 is 1.79 bits per heavy atom. The van der Waals surface area contributed by atoms with Gasteiger partial charge in [0.1, 0.15) is 24.3 Å². The molecule has 0 spiro atoms. The monoisotopic (exact) mass is 396 g/mol. The highest BCUT2D eigenvalue weighted by atomic mass is 16.5. The first-order chi connectivity index (χ1) is 14.1. The SMILES string of the molecule is CCc1ccc(OCC(O)CN2CCN(c3ccc4nnc(C)n4n3)CC2)cc1. The van der Waals surface area contributed by atoms with Crippen molar-refractivity contribution in [2.45, 2.75) is 26.4 Å². The standard InChI is InChI=1S/C21H28N6O2/c1-3-17-4-6-19(7-5-17)29-15-18(28)14-25-10-12-26(13-11-25)21-9-8-20-23-22-16(2)27(20)24-21/h4-9,18,28H,3,10-15H2,1-2H3. The lowest BCUT2D eigenvalue weighted by molar-refractivity contribution is 0.0662. The van der Waals surface area contributed by atoms with Crippen LogP contribution in [-0.2, 0) is 6.42 Å². The van der Waals surface area contributed by atoms with Gasteiger partial charge in [0.15, 0.2) is 11.5 Å². The van der Waals surface area contributed by atoms with E-state index in [4.69, 9.17) is 4.74 Å². The number of piperazine rings is 1. The van der Waals surface area contributed by atoms with Gasteiger partial charge in [0.25, 0.3) is 0 Å². The van der Waals surface area contributed by atoms with Gasteiger partial charge < -0.3 is 14.7 Å². The van der Waals surface area contributed by atoms with Gasteiger partial charge in [-0.1, -0.05) is 19.1 Å². The van der Waals surface area contributed by atoms with Crippen LogP contribution in [0.4, 0.5) is 5.82 Å². The Hall–Kier alpha value is -2.71. The second-order valence-electron chi connectivity index (χ2n) is 7.46. The molecule has 1 aromatic carbocycles. The molecule has 1 aliphatic rings. The van der Waals surface area contributed by atoms with Crippen LogP contribution < -0.4 is 9.64 Å². The van der Waals surface area contributed by atoms with Crippen molar-refractivity contribution in [3.8, 4) is 5.75 Å². The molecule has 1 unspecified atom stereocenters. The molecule has 4 rings (SSSR count). The molecule has 29 heavy (non-hydrogen) atoms. The topological polar surface area (TPSA) is 79.0 Å². The molecule has 1 atom stereocenters. The summed E-state index contributed by atoms with van der Waals surface area (Å²) >= 11 is 0. The number of aliphatic hydroxyl groups is 1. The summed E-state index contributed by atoms with van der Waals surface area (Å²) in [6, 6.07) is 12.0. The van der Waals surface area contributed by atoms with Crippen molar-refractivity contribution in [3.05, 3.63) is 47.8 Å². The maximum atomic E-state index is 10.4. The van der Waals surface area contributed by atoms with Crippen molar-refractivity contribution in [1.82, 2.24) is 24.7 Å². The van der Waals surface area contributed by atoms with Crippen molar-refractivity contribution >= 4 is 11.5 Å². The number of benzene rings is 1. The fourth-order valence-electron chi connectivity index (χ4n) is 3.58. The molecule has 1 N–H and O–H groups in total. The zero-order chi connectivity index (χ0) is 20.2. The van der Waals surface area contributed by atoms with Gasteiger partial charge in [-0.2, -0.15) is 4.52 Å². The number of aryl methyl sites for hydroxylation is 2. The molecule has 1 fully saturated rings. The molecule has 0 bridgehead atoms. The van der Waals surface area contributed by atoms with Crippen LogP contribution in [0, 0.1) is 6.92 Å². The summed E-state index contributed by atoms with van der Waals surface area (Å²) in [4.78, 5) is 4.53. The van der Waals surface area contributed by atoms with Crippen LogP contribution in [0.3, 0.4) is 0 Å². The number of rotatable bonds is 7. The van der Waals surface area contributed by atoms with E-state index < -0.39 is 6.10 Å². The lowest BCUT2D eigenvalue weighted by Crippen LogP contribution is -2.49. The number of aromatic nitrogens is 4. The smallest absolute Gasteiger partial charge is 0.178 e. The van der Waals surface area contributed by atoms with Crippen LogP contribution in [0.15, 0.2) is 36.4 Å². The Balaban J connectivity index is 1.24. The molecule has 3 aromatic rings. The number of anilines is 1. The predicted octanol–water partition coefficient (Wildman–Crippen LogP) is 1.56. The Morgan fingerprint density at radius 1 is 1.03 bits per heavy atom. The normalized spacial score (nSPS) is 16.3. The summed E-state index contributed by atoms with van der Waals surface area (Å²) in [5.74, 6) is 2.52. The van der Waals surface area contributed by atoms with Crippen molar-refractivity contribution in [2.24, 2.45) is 0 Å². The third kappa shape index (κ3) is 4.65. The van der Waals surface area contributed by atoms with E-state index in [0.717, 1.165) is 55.6 Å². The Kier molecular flexibility index (Phi) is 5.92. The van der Waals surface area contributed by atoms with E-state index >= 15 is 0 Å². The van der Waals surface area contributed by atoms with Gasteiger partial charge in [-0.05, 0) is 43.2 Å². The van der Waals surface area contributed by atoms with E-state index in [1.165, 1.54) is 5.56 Å². The summed E-state index contributed by atoms with van der Waals surface area (Å²) < 4.78 is 7.51. The maximum Gasteiger partial charge on any atom is 0.178 e. The Labute approximate surface area is 170 Å². The zero-order valence-electron chi connectivity index (χ0n) is 17.0. The molecule has 154 valence electrons. The van der Waals surface area contributed by atoms with Crippen LogP contribution in [0.5, 0.6) is 5.75 Å². The molecule has 0 saturated carbocycles. The van der Waals surface area contributed by atoms with Crippen molar-refractivity contribution in [2.75, 3.05) is 44.2 Å². The van der Waals surface area contributed by atoms with Crippen LogP contribution in [0.25, 0.3) is 5.65 Å². The molecule has 1 saturated heterocycles. The van der Waals surface area contributed by atoms with Gasteiger partial charge in [0, 0.05) is 32.7 Å². The van der Waals surface area contributed by atoms with Crippen LogP contribution in [0.1, 0.15) is 18.3 Å². The molecule has 0 amide bonds. The van der Waals surface area contributed by atoms with Gasteiger partial charge in [-0.25, -0.2) is 0 Å². The largest absolute Gasteiger partial charge is 0.491 e. The fraction of sp³-hybridized carbons (Fsp3) is 0.476. The van der Waals surface area contributed by atoms with Crippen molar-refractivity contribution < 1.29 is 9.84 Å². The van der Waals surface area contributed by atoms with Crippen molar-refractivity contribution in [3.63, 3.8) is 0 Å². The highest BCUT2D eigenvalue weighted by Crippen LogP contribution is 2.16. The van der Waals surface area contributed by atoms with Gasteiger partial charge in [0.05, 0.1) is 0 Å². The second kappa shape index (κ2) is 8.75. The van der Waals surface area contributed by atoms with Gasteiger partial charge in [-0.15, -0.1) is 15.3 Å². The highest BCUT2D eigenvalue weighted by molar-refractivity contribution is 5.46. The highest BCUT2D eigenvalue weighted by Gasteiger charge is 2.21. The van der Waals surface area contributed by atoms with Crippen LogP contribution >= 0.6 is 0 Å². The van der Waals surface area contributed by atoms with Crippen LogP contribution in [0.2, 0.25) is 0 Å². The van der Waals surface area contributed by atoms with E-state index in [0.29, 0.717) is 13.2 Å². The lowest BCUT2D eigenvalue weighted by Gasteiger charge is -2.36. The fourth-order valence-corrected chi connectivity index (χ4v) is 3.58. The summed E-state index contributed by atoms with van der Waals surface area (Å²) in [6.07, 6.45) is 0.499. The summed E-state index contributed by atoms with van der Waals surface area (Å²) in [5.41, 5.74) is 2.04. The number of aliphatic hydroxyl groups excluding tert-OH is 1. The average molecular weight is 396 g/mol. The van der Waals surface area contributed by atoms with Gasteiger partial charge >= 0.3 is 0 Å². The molecule has 0 radical (unpaired) electrons. The van der Waals surface area contributed by atoms with E-state index in [2.05, 4.69) is 44.2 Å². The molecule has 0 aliphatic carbocycles. The van der Waals surface area contributed by atoms with Gasteiger partial charge in [0.2, 0.25) is 0 Å². The molecule has 2 aromatic heterocycles. The maximum absolute atomic E-state index is 10.4. The number of β-amino-alcohol motifs (C(OH)–C–C–N with tert-alkyl or cyclic N) is 1. The first-order valence-corrected chi connectivity index (χ1v) is 10.2. The number of hydrogen-bond acceptors (Lipinski definition) is 7. The summed E-state index contributed by atoms with van der Waals surface area (Å²) in [5, 5.41) is 23.2. The van der Waals surface area contributed by atoms with E-state index in [9.17, 15) is 5.11 Å². The predicted molar refractivity (Wildman–Crippen MR) is 111 cm³/mol. The van der Waals surface area contributed by atoms with Crippen molar-refractivity contribution in [1.29, 1.82) is 0 Å². The first-order valence-electron chi connectivity index (χ1n) is 10.2. The molecule has 8 heteroatoms. The van der Waals surface area contributed by atoms with E-state index in [1.807, 2.05) is 31.2 Å². The average Bonchev–Trinajstić information content (AvgIpc) is 3.13. The minimum absolute atomic E-state index is 0.302. The Morgan fingerprint density at radius 3 is 2.52 bits per heavy atom. The summed E-state index contributed by atoms with van der Waals surface area (Å²) in [7, 11) is 0. The zero-order valence-corrected chi connectivity index (χ0v) is 17.0. The molecule has 1 aliphatic heterocycles. The minimum atomic E-state index is -0.512. The van der Waals surface area contributed by atoms with E-state index in [1.54, 1.807) is 4.52 Å². The third-order valence-corrected chi connectivity index (χ3v) is 5.34. The number of hydrogen-bond donors (Lipinski definition) is 1. The molecular formula is C21H28N6O2. The third-order valence-electron chi connectivity index (χ3n) is 5.34.